The van der Waals surface area contributed by atoms with Gasteiger partial charge in [0.1, 0.15) is 23.2 Å². The van der Waals surface area contributed by atoms with Gasteiger partial charge in [0.15, 0.2) is 0 Å². The third kappa shape index (κ3) is 5.91. The van der Waals surface area contributed by atoms with Gasteiger partial charge in [-0.15, -0.1) is 0 Å². The van der Waals surface area contributed by atoms with E-state index in [0.717, 1.165) is 25.0 Å². The van der Waals surface area contributed by atoms with E-state index in [1.807, 2.05) is 0 Å². The molecular formula is C18H25F2NO3. The SMILES string of the molecule is CC(C)CCCOC(=O)C(NC(=O)c1c(F)cccc1F)C(C)C. The zero-order chi connectivity index (χ0) is 18.3. The van der Waals surface area contributed by atoms with E-state index in [2.05, 4.69) is 19.2 Å². The van der Waals surface area contributed by atoms with Crippen molar-refractivity contribution in [1.29, 1.82) is 0 Å². The van der Waals surface area contributed by atoms with Crippen LogP contribution in [0.15, 0.2) is 18.2 Å². The van der Waals surface area contributed by atoms with E-state index >= 15 is 0 Å². The molecule has 1 rings (SSSR count). The highest BCUT2D eigenvalue weighted by atomic mass is 19.1. The number of nitrogens with one attached hydrogen (secondary N) is 1. The van der Waals surface area contributed by atoms with Gasteiger partial charge >= 0.3 is 5.97 Å². The van der Waals surface area contributed by atoms with E-state index in [1.54, 1.807) is 13.8 Å². The van der Waals surface area contributed by atoms with Gasteiger partial charge in [0.25, 0.3) is 5.91 Å². The molecule has 0 bridgehead atoms. The topological polar surface area (TPSA) is 55.4 Å². The van der Waals surface area contributed by atoms with Crippen LogP contribution in [0.2, 0.25) is 0 Å². The van der Waals surface area contributed by atoms with Gasteiger partial charge in [0.05, 0.1) is 6.61 Å². The predicted octanol–water partition coefficient (Wildman–Crippen LogP) is 3.70. The predicted molar refractivity (Wildman–Crippen MR) is 87.5 cm³/mol. The Labute approximate surface area is 141 Å². The first-order valence-electron chi connectivity index (χ1n) is 8.15. The van der Waals surface area contributed by atoms with E-state index in [0.29, 0.717) is 5.92 Å². The summed E-state index contributed by atoms with van der Waals surface area (Å²) in [5, 5.41) is 2.37. The number of hydrogen-bond donors (Lipinski definition) is 1. The zero-order valence-corrected chi connectivity index (χ0v) is 14.6. The summed E-state index contributed by atoms with van der Waals surface area (Å²) in [5.41, 5.74) is -0.698. The summed E-state index contributed by atoms with van der Waals surface area (Å²) in [5.74, 6) is -3.28. The molecule has 4 nitrogen and oxygen atoms in total. The van der Waals surface area contributed by atoms with Gasteiger partial charge < -0.3 is 10.1 Å². The molecule has 0 heterocycles. The van der Waals surface area contributed by atoms with Gasteiger partial charge in [0.2, 0.25) is 0 Å². The van der Waals surface area contributed by atoms with Crippen molar-refractivity contribution < 1.29 is 23.1 Å². The number of amides is 1. The molecule has 134 valence electrons. The van der Waals surface area contributed by atoms with Crippen LogP contribution in [-0.2, 0) is 9.53 Å². The summed E-state index contributed by atoms with van der Waals surface area (Å²) in [4.78, 5) is 24.3. The first kappa shape index (κ1) is 20.1. The lowest BCUT2D eigenvalue weighted by Crippen LogP contribution is -2.45. The van der Waals surface area contributed by atoms with Crippen molar-refractivity contribution in [3.8, 4) is 0 Å². The highest BCUT2D eigenvalue weighted by Crippen LogP contribution is 2.14. The van der Waals surface area contributed by atoms with Gasteiger partial charge in [-0.1, -0.05) is 33.8 Å². The first-order valence-corrected chi connectivity index (χ1v) is 8.15. The average Bonchev–Trinajstić information content (AvgIpc) is 2.48. The smallest absolute Gasteiger partial charge is 0.328 e. The average molecular weight is 341 g/mol. The van der Waals surface area contributed by atoms with Crippen molar-refractivity contribution in [1.82, 2.24) is 5.32 Å². The second-order valence-corrected chi connectivity index (χ2v) is 6.50. The second-order valence-electron chi connectivity index (χ2n) is 6.50. The third-order valence-corrected chi connectivity index (χ3v) is 3.57. The first-order chi connectivity index (χ1) is 11.2. The van der Waals surface area contributed by atoms with Gasteiger partial charge in [-0.05, 0) is 36.8 Å². The van der Waals surface area contributed by atoms with Crippen LogP contribution in [0.1, 0.15) is 50.9 Å². The quantitative estimate of drug-likeness (QED) is 0.579. The fourth-order valence-electron chi connectivity index (χ4n) is 2.18. The number of hydrogen-bond acceptors (Lipinski definition) is 3. The van der Waals surface area contributed by atoms with Crippen molar-refractivity contribution in [3.63, 3.8) is 0 Å². The molecule has 0 aliphatic rings. The third-order valence-electron chi connectivity index (χ3n) is 3.57. The highest BCUT2D eigenvalue weighted by Gasteiger charge is 2.28. The van der Waals surface area contributed by atoms with Gasteiger partial charge in [-0.25, -0.2) is 13.6 Å². The summed E-state index contributed by atoms with van der Waals surface area (Å²) in [6.45, 7) is 7.84. The monoisotopic (exact) mass is 341 g/mol. The Hall–Kier alpha value is -1.98. The molecule has 1 aromatic carbocycles. The molecule has 1 N–H and O–H groups in total. The lowest BCUT2D eigenvalue weighted by Gasteiger charge is -2.21. The van der Waals surface area contributed by atoms with E-state index in [4.69, 9.17) is 4.74 Å². The second kappa shape index (κ2) is 9.35. The van der Waals surface area contributed by atoms with Crippen LogP contribution in [0.3, 0.4) is 0 Å². The molecule has 0 saturated heterocycles. The highest BCUT2D eigenvalue weighted by molar-refractivity contribution is 5.97. The minimum Gasteiger partial charge on any atom is -0.464 e. The summed E-state index contributed by atoms with van der Waals surface area (Å²) in [6.07, 6.45) is 1.65. The molecule has 0 aliphatic carbocycles. The number of carbonyl (C=O) groups excluding carboxylic acids is 2. The van der Waals surface area contributed by atoms with E-state index in [1.165, 1.54) is 6.07 Å². The van der Waals surface area contributed by atoms with Crippen molar-refractivity contribution >= 4 is 11.9 Å². The fourth-order valence-corrected chi connectivity index (χ4v) is 2.18. The van der Waals surface area contributed by atoms with Crippen LogP contribution in [-0.4, -0.2) is 24.5 Å². The minimum atomic E-state index is -0.972. The maximum absolute atomic E-state index is 13.7. The molecule has 0 radical (unpaired) electrons. The Bertz CT molecular complexity index is 553. The number of esters is 1. The van der Waals surface area contributed by atoms with Gasteiger partial charge in [-0.3, -0.25) is 4.79 Å². The molecule has 0 fully saturated rings. The van der Waals surface area contributed by atoms with E-state index < -0.39 is 35.1 Å². The van der Waals surface area contributed by atoms with Crippen molar-refractivity contribution in [2.75, 3.05) is 6.61 Å². The van der Waals surface area contributed by atoms with Crippen molar-refractivity contribution in [3.05, 3.63) is 35.4 Å². The van der Waals surface area contributed by atoms with Gasteiger partial charge in [-0.2, -0.15) is 0 Å². The standard InChI is InChI=1S/C18H25F2NO3/c1-11(2)7-6-10-24-18(23)16(12(3)4)21-17(22)15-13(19)8-5-9-14(15)20/h5,8-9,11-12,16H,6-7,10H2,1-4H3,(H,21,22). The summed E-state index contributed by atoms with van der Waals surface area (Å²) >= 11 is 0. The number of benzene rings is 1. The molecule has 0 spiro atoms. The molecule has 0 aliphatic heterocycles. The maximum Gasteiger partial charge on any atom is 0.328 e. The lowest BCUT2D eigenvalue weighted by atomic mass is 10.0. The van der Waals surface area contributed by atoms with Crippen LogP contribution in [0.5, 0.6) is 0 Å². The van der Waals surface area contributed by atoms with Crippen molar-refractivity contribution in [2.45, 2.75) is 46.6 Å². The lowest BCUT2D eigenvalue weighted by molar-refractivity contribution is -0.147. The Kier molecular flexibility index (Phi) is 7.82. The Morgan fingerprint density at radius 1 is 1.12 bits per heavy atom. The molecule has 0 saturated carbocycles. The molecule has 1 unspecified atom stereocenters. The van der Waals surface area contributed by atoms with E-state index in [9.17, 15) is 18.4 Å². The van der Waals surface area contributed by atoms with Gasteiger partial charge in [0, 0.05) is 0 Å². The number of ether oxygens (including phenoxy) is 1. The summed E-state index contributed by atoms with van der Waals surface area (Å²) in [7, 11) is 0. The molecule has 1 atom stereocenters. The molecule has 0 aromatic heterocycles. The molecular weight excluding hydrogens is 316 g/mol. The number of carbonyl (C=O) groups is 2. The van der Waals surface area contributed by atoms with Crippen molar-refractivity contribution in [2.24, 2.45) is 11.8 Å². The fraction of sp³-hybridized carbons (Fsp3) is 0.556. The van der Waals surface area contributed by atoms with Crippen LogP contribution >= 0.6 is 0 Å². The summed E-state index contributed by atoms with van der Waals surface area (Å²) in [6, 6.07) is 2.19. The zero-order valence-electron chi connectivity index (χ0n) is 14.6. The number of rotatable bonds is 8. The largest absolute Gasteiger partial charge is 0.464 e. The normalized spacial score (nSPS) is 12.3. The maximum atomic E-state index is 13.7. The van der Waals surface area contributed by atoms with E-state index in [-0.39, 0.29) is 12.5 Å². The summed E-state index contributed by atoms with van der Waals surface area (Å²) < 4.78 is 32.5. The molecule has 6 heteroatoms. The Balaban J connectivity index is 2.72. The van der Waals surface area contributed by atoms with Crippen LogP contribution < -0.4 is 5.32 Å². The molecule has 1 amide bonds. The number of halogens is 2. The molecule has 1 aromatic rings. The van der Waals surface area contributed by atoms with Crippen LogP contribution in [0.4, 0.5) is 8.78 Å². The minimum absolute atomic E-state index is 0.254. The Morgan fingerprint density at radius 2 is 1.71 bits per heavy atom. The van der Waals surface area contributed by atoms with Crippen LogP contribution in [0, 0.1) is 23.5 Å². The van der Waals surface area contributed by atoms with Crippen LogP contribution in [0.25, 0.3) is 0 Å². The molecule has 24 heavy (non-hydrogen) atoms. The Morgan fingerprint density at radius 3 is 2.21 bits per heavy atom.